The van der Waals surface area contributed by atoms with Gasteiger partial charge in [0.25, 0.3) is 0 Å². The molecule has 4 nitrogen and oxygen atoms in total. The SMILES string of the molecule is COc1ccc(CCC(CN)CO)cc1OC. The average Bonchev–Trinajstić information content (AvgIpc) is 2.39. The van der Waals surface area contributed by atoms with Crippen LogP contribution in [0.4, 0.5) is 0 Å². The number of aryl methyl sites for hydroxylation is 1. The molecule has 96 valence electrons. The van der Waals surface area contributed by atoms with Gasteiger partial charge in [0.05, 0.1) is 14.2 Å². The Kier molecular flexibility index (Phi) is 5.80. The van der Waals surface area contributed by atoms with E-state index >= 15 is 0 Å². The first-order valence-corrected chi connectivity index (χ1v) is 5.77. The highest BCUT2D eigenvalue weighted by molar-refractivity contribution is 5.42. The van der Waals surface area contributed by atoms with Crippen molar-refractivity contribution < 1.29 is 14.6 Å². The number of hydrogen-bond donors (Lipinski definition) is 2. The van der Waals surface area contributed by atoms with Crippen molar-refractivity contribution in [1.29, 1.82) is 0 Å². The largest absolute Gasteiger partial charge is 0.493 e. The third kappa shape index (κ3) is 3.91. The second kappa shape index (κ2) is 7.14. The van der Waals surface area contributed by atoms with Crippen LogP contribution >= 0.6 is 0 Å². The van der Waals surface area contributed by atoms with E-state index in [9.17, 15) is 0 Å². The van der Waals surface area contributed by atoms with Crippen LogP contribution in [-0.2, 0) is 6.42 Å². The van der Waals surface area contributed by atoms with Gasteiger partial charge in [0.2, 0.25) is 0 Å². The molecule has 1 unspecified atom stereocenters. The van der Waals surface area contributed by atoms with Crippen LogP contribution in [0, 0.1) is 5.92 Å². The molecular formula is C13H21NO3. The molecule has 1 atom stereocenters. The lowest BCUT2D eigenvalue weighted by Gasteiger charge is -2.12. The van der Waals surface area contributed by atoms with Gasteiger partial charge < -0.3 is 20.3 Å². The van der Waals surface area contributed by atoms with E-state index in [1.165, 1.54) is 0 Å². The van der Waals surface area contributed by atoms with Crippen LogP contribution in [0.25, 0.3) is 0 Å². The van der Waals surface area contributed by atoms with Crippen LogP contribution in [0.5, 0.6) is 11.5 Å². The fraction of sp³-hybridized carbons (Fsp3) is 0.538. The number of methoxy groups -OCH3 is 2. The van der Waals surface area contributed by atoms with Crippen LogP contribution in [0.15, 0.2) is 18.2 Å². The zero-order valence-electron chi connectivity index (χ0n) is 10.5. The van der Waals surface area contributed by atoms with E-state index in [4.69, 9.17) is 20.3 Å². The molecule has 1 rings (SSSR count). The maximum absolute atomic E-state index is 9.06. The fourth-order valence-electron chi connectivity index (χ4n) is 1.69. The van der Waals surface area contributed by atoms with E-state index in [1.807, 2.05) is 18.2 Å². The third-order valence-electron chi connectivity index (χ3n) is 2.88. The van der Waals surface area contributed by atoms with E-state index in [0.29, 0.717) is 6.54 Å². The predicted molar refractivity (Wildman–Crippen MR) is 67.5 cm³/mol. The van der Waals surface area contributed by atoms with E-state index in [2.05, 4.69) is 0 Å². The highest BCUT2D eigenvalue weighted by atomic mass is 16.5. The molecule has 0 spiro atoms. The lowest BCUT2D eigenvalue weighted by atomic mass is 10.00. The molecule has 1 aromatic carbocycles. The zero-order valence-corrected chi connectivity index (χ0v) is 10.5. The molecule has 4 heteroatoms. The minimum atomic E-state index is 0.143. The molecule has 0 heterocycles. The summed E-state index contributed by atoms with van der Waals surface area (Å²) in [4.78, 5) is 0. The van der Waals surface area contributed by atoms with Gasteiger partial charge in [-0.3, -0.25) is 0 Å². The van der Waals surface area contributed by atoms with E-state index < -0.39 is 0 Å². The molecule has 0 aliphatic heterocycles. The van der Waals surface area contributed by atoms with Crippen LogP contribution in [0.2, 0.25) is 0 Å². The Hall–Kier alpha value is -1.26. The molecule has 0 aromatic heterocycles. The number of aliphatic hydroxyl groups excluding tert-OH is 1. The van der Waals surface area contributed by atoms with Gasteiger partial charge >= 0.3 is 0 Å². The topological polar surface area (TPSA) is 64.7 Å². The van der Waals surface area contributed by atoms with Crippen molar-refractivity contribution in [2.24, 2.45) is 11.7 Å². The summed E-state index contributed by atoms with van der Waals surface area (Å²) < 4.78 is 10.4. The molecule has 17 heavy (non-hydrogen) atoms. The molecule has 0 radical (unpaired) electrons. The summed E-state index contributed by atoms with van der Waals surface area (Å²) in [5.41, 5.74) is 6.71. The number of benzene rings is 1. The Labute approximate surface area is 102 Å². The molecule has 0 amide bonds. The molecule has 0 fully saturated rings. The van der Waals surface area contributed by atoms with E-state index in [-0.39, 0.29) is 12.5 Å². The van der Waals surface area contributed by atoms with Gasteiger partial charge in [-0.25, -0.2) is 0 Å². The minimum absolute atomic E-state index is 0.143. The summed E-state index contributed by atoms with van der Waals surface area (Å²) in [6, 6.07) is 5.86. The van der Waals surface area contributed by atoms with Gasteiger partial charge in [-0.15, -0.1) is 0 Å². The highest BCUT2D eigenvalue weighted by Gasteiger charge is 2.08. The summed E-state index contributed by atoms with van der Waals surface area (Å²) in [7, 11) is 3.24. The first-order chi connectivity index (χ1) is 8.24. The summed E-state index contributed by atoms with van der Waals surface area (Å²) in [5, 5.41) is 9.06. The standard InChI is InChI=1S/C13H21NO3/c1-16-12-6-5-10(7-13(12)17-2)3-4-11(8-14)9-15/h5-7,11,15H,3-4,8-9,14H2,1-2H3. The van der Waals surface area contributed by atoms with Crippen molar-refractivity contribution in [3.63, 3.8) is 0 Å². The second-order valence-electron chi connectivity index (χ2n) is 4.01. The Balaban J connectivity index is 2.66. The van der Waals surface area contributed by atoms with Crippen molar-refractivity contribution in [3.05, 3.63) is 23.8 Å². The Bertz CT molecular complexity index is 337. The molecule has 0 aliphatic rings. The third-order valence-corrected chi connectivity index (χ3v) is 2.88. The van der Waals surface area contributed by atoms with Crippen molar-refractivity contribution >= 4 is 0 Å². The molecule has 1 aromatic rings. The quantitative estimate of drug-likeness (QED) is 0.750. The van der Waals surface area contributed by atoms with Crippen molar-refractivity contribution in [3.8, 4) is 11.5 Å². The van der Waals surface area contributed by atoms with Crippen molar-refractivity contribution in [1.82, 2.24) is 0 Å². The van der Waals surface area contributed by atoms with Crippen LogP contribution in [0.3, 0.4) is 0 Å². The fourth-order valence-corrected chi connectivity index (χ4v) is 1.69. The zero-order chi connectivity index (χ0) is 12.7. The Morgan fingerprint density at radius 1 is 1.24 bits per heavy atom. The van der Waals surface area contributed by atoms with Gasteiger partial charge in [0.15, 0.2) is 11.5 Å². The number of ether oxygens (including phenoxy) is 2. The first kappa shape index (κ1) is 13.8. The first-order valence-electron chi connectivity index (χ1n) is 5.77. The Morgan fingerprint density at radius 2 is 1.94 bits per heavy atom. The maximum atomic E-state index is 9.06. The molecule has 3 N–H and O–H groups in total. The summed E-state index contributed by atoms with van der Waals surface area (Å²) in [6.45, 7) is 0.660. The number of rotatable bonds is 7. The highest BCUT2D eigenvalue weighted by Crippen LogP contribution is 2.28. The van der Waals surface area contributed by atoms with E-state index in [1.54, 1.807) is 14.2 Å². The van der Waals surface area contributed by atoms with Gasteiger partial charge in [0.1, 0.15) is 0 Å². The summed E-state index contributed by atoms with van der Waals surface area (Å²) in [6.07, 6.45) is 1.76. The van der Waals surface area contributed by atoms with E-state index in [0.717, 1.165) is 29.9 Å². The van der Waals surface area contributed by atoms with Crippen molar-refractivity contribution in [2.45, 2.75) is 12.8 Å². The minimum Gasteiger partial charge on any atom is -0.493 e. The normalized spacial score (nSPS) is 12.2. The van der Waals surface area contributed by atoms with Crippen LogP contribution < -0.4 is 15.2 Å². The Morgan fingerprint density at radius 3 is 2.47 bits per heavy atom. The maximum Gasteiger partial charge on any atom is 0.160 e. The van der Waals surface area contributed by atoms with Crippen LogP contribution in [0.1, 0.15) is 12.0 Å². The number of nitrogens with two attached hydrogens (primary N) is 1. The predicted octanol–water partition coefficient (Wildman–Crippen LogP) is 1.20. The van der Waals surface area contributed by atoms with Gasteiger partial charge in [-0.1, -0.05) is 6.07 Å². The lowest BCUT2D eigenvalue weighted by molar-refractivity contribution is 0.223. The van der Waals surface area contributed by atoms with Crippen molar-refractivity contribution in [2.75, 3.05) is 27.4 Å². The van der Waals surface area contributed by atoms with Gasteiger partial charge in [-0.05, 0) is 43.0 Å². The number of aliphatic hydroxyl groups is 1. The van der Waals surface area contributed by atoms with Gasteiger partial charge in [-0.2, -0.15) is 0 Å². The summed E-state index contributed by atoms with van der Waals surface area (Å²) in [5.74, 6) is 1.63. The van der Waals surface area contributed by atoms with Crippen LogP contribution in [-0.4, -0.2) is 32.5 Å². The monoisotopic (exact) mass is 239 g/mol. The second-order valence-corrected chi connectivity index (χ2v) is 4.01. The molecular weight excluding hydrogens is 218 g/mol. The number of hydrogen-bond acceptors (Lipinski definition) is 4. The average molecular weight is 239 g/mol. The summed E-state index contributed by atoms with van der Waals surface area (Å²) >= 11 is 0. The smallest absolute Gasteiger partial charge is 0.160 e. The molecule has 0 aliphatic carbocycles. The molecule has 0 saturated heterocycles. The molecule has 0 bridgehead atoms. The molecule has 0 saturated carbocycles. The van der Waals surface area contributed by atoms with Gasteiger partial charge in [0, 0.05) is 6.61 Å². The lowest BCUT2D eigenvalue weighted by Crippen LogP contribution is -2.18.